The number of benzene rings is 1. The normalized spacial score (nSPS) is 19.3. The number of nitro benzene ring substituents is 1. The van der Waals surface area contributed by atoms with Crippen LogP contribution in [0.25, 0.3) is 0 Å². The van der Waals surface area contributed by atoms with Crippen molar-refractivity contribution in [2.24, 2.45) is 0 Å². The van der Waals surface area contributed by atoms with Crippen molar-refractivity contribution in [2.75, 3.05) is 13.1 Å². The lowest BCUT2D eigenvalue weighted by molar-refractivity contribution is -0.384. The molecule has 1 atom stereocenters. The molecule has 11 heteroatoms. The minimum absolute atomic E-state index is 0.0261. The Bertz CT molecular complexity index is 886. The van der Waals surface area contributed by atoms with Gasteiger partial charge in [-0.15, -0.1) is 0 Å². The number of hydrogen-bond acceptors (Lipinski definition) is 7. The van der Waals surface area contributed by atoms with E-state index in [-0.39, 0.29) is 34.8 Å². The first-order valence-corrected chi connectivity index (χ1v) is 10.6. The maximum atomic E-state index is 12.5. The number of esters is 1. The van der Waals surface area contributed by atoms with E-state index in [0.717, 1.165) is 38.2 Å². The quantitative estimate of drug-likeness (QED) is 0.301. The molecule has 1 aliphatic heterocycles. The van der Waals surface area contributed by atoms with Gasteiger partial charge in [-0.3, -0.25) is 29.8 Å². The van der Waals surface area contributed by atoms with Crippen molar-refractivity contribution in [1.29, 1.82) is 0 Å². The summed E-state index contributed by atoms with van der Waals surface area (Å²) in [6, 6.07) is 4.34. The van der Waals surface area contributed by atoms with Crippen LogP contribution in [0, 0.1) is 10.1 Å². The molecule has 1 saturated carbocycles. The number of carbonyl (C=O) groups is 3. The van der Waals surface area contributed by atoms with Gasteiger partial charge in [0.15, 0.2) is 5.11 Å². The smallest absolute Gasteiger partial charge is 0.308 e. The number of nitrogens with one attached hydrogen (secondary N) is 2. The lowest BCUT2D eigenvalue weighted by Crippen LogP contribution is -2.60. The summed E-state index contributed by atoms with van der Waals surface area (Å²) in [5.41, 5.74) is -0.162. The van der Waals surface area contributed by atoms with Gasteiger partial charge in [-0.1, -0.05) is 12.5 Å². The molecular formula is C20H24N4O6S. The van der Waals surface area contributed by atoms with Gasteiger partial charge in [0.2, 0.25) is 5.91 Å². The predicted molar refractivity (Wildman–Crippen MR) is 114 cm³/mol. The zero-order valence-electron chi connectivity index (χ0n) is 16.9. The van der Waals surface area contributed by atoms with E-state index in [1.807, 2.05) is 0 Å². The Balaban J connectivity index is 1.64. The van der Waals surface area contributed by atoms with Gasteiger partial charge >= 0.3 is 5.97 Å². The van der Waals surface area contributed by atoms with E-state index >= 15 is 0 Å². The van der Waals surface area contributed by atoms with E-state index in [9.17, 15) is 24.5 Å². The molecule has 1 saturated heterocycles. The molecule has 1 heterocycles. The van der Waals surface area contributed by atoms with E-state index in [4.69, 9.17) is 17.0 Å². The van der Waals surface area contributed by atoms with Crippen LogP contribution in [-0.4, -0.2) is 58.0 Å². The molecule has 0 bridgehead atoms. The van der Waals surface area contributed by atoms with Crippen molar-refractivity contribution >= 4 is 40.8 Å². The van der Waals surface area contributed by atoms with Crippen LogP contribution in [0.2, 0.25) is 0 Å². The van der Waals surface area contributed by atoms with Crippen LogP contribution in [0.5, 0.6) is 0 Å². The van der Waals surface area contributed by atoms with E-state index in [1.165, 1.54) is 23.1 Å². The van der Waals surface area contributed by atoms with Crippen LogP contribution in [0.4, 0.5) is 5.69 Å². The highest BCUT2D eigenvalue weighted by Gasteiger charge is 2.35. The van der Waals surface area contributed by atoms with Crippen LogP contribution in [0.3, 0.4) is 0 Å². The molecule has 1 aromatic rings. The second-order valence-electron chi connectivity index (χ2n) is 7.52. The first-order valence-electron chi connectivity index (χ1n) is 10.2. The van der Waals surface area contributed by atoms with Gasteiger partial charge in [0.25, 0.3) is 11.6 Å². The minimum Gasteiger partial charge on any atom is -0.462 e. The number of amides is 2. The van der Waals surface area contributed by atoms with Crippen molar-refractivity contribution < 1.29 is 24.0 Å². The van der Waals surface area contributed by atoms with Gasteiger partial charge < -0.3 is 15.0 Å². The Morgan fingerprint density at radius 2 is 2.03 bits per heavy atom. The molecule has 1 aromatic carbocycles. The Morgan fingerprint density at radius 3 is 2.74 bits per heavy atom. The SMILES string of the molecule is O=C(CC1C(=O)NCCN1C(=S)NC(=O)c1cccc([N+](=O)[O-])c1)OC1CCCCC1. The van der Waals surface area contributed by atoms with Gasteiger partial charge in [-0.05, 0) is 44.0 Å². The average molecular weight is 449 g/mol. The lowest BCUT2D eigenvalue weighted by atomic mass is 9.98. The van der Waals surface area contributed by atoms with Crippen LogP contribution in [0.1, 0.15) is 48.9 Å². The van der Waals surface area contributed by atoms with Crippen LogP contribution >= 0.6 is 12.2 Å². The Morgan fingerprint density at radius 1 is 1.29 bits per heavy atom. The molecular weight excluding hydrogens is 424 g/mol. The summed E-state index contributed by atoms with van der Waals surface area (Å²) in [6.45, 7) is 0.612. The van der Waals surface area contributed by atoms with Gasteiger partial charge in [0, 0.05) is 30.8 Å². The van der Waals surface area contributed by atoms with Crippen molar-refractivity contribution in [3.63, 3.8) is 0 Å². The fraction of sp³-hybridized carbons (Fsp3) is 0.500. The molecule has 1 aliphatic carbocycles. The number of nitro groups is 1. The summed E-state index contributed by atoms with van der Waals surface area (Å²) in [7, 11) is 0. The topological polar surface area (TPSA) is 131 Å². The number of carbonyl (C=O) groups excluding carboxylic acids is 3. The second-order valence-corrected chi connectivity index (χ2v) is 7.91. The molecule has 31 heavy (non-hydrogen) atoms. The predicted octanol–water partition coefficient (Wildman–Crippen LogP) is 1.68. The summed E-state index contributed by atoms with van der Waals surface area (Å²) in [5, 5.41) is 16.1. The molecule has 2 N–H and O–H groups in total. The van der Waals surface area contributed by atoms with Gasteiger partial charge in [0.05, 0.1) is 11.3 Å². The molecule has 2 aliphatic rings. The third-order valence-corrected chi connectivity index (χ3v) is 5.68. The van der Waals surface area contributed by atoms with Crippen molar-refractivity contribution in [2.45, 2.75) is 50.7 Å². The largest absolute Gasteiger partial charge is 0.462 e. The van der Waals surface area contributed by atoms with E-state index < -0.39 is 22.8 Å². The fourth-order valence-electron chi connectivity index (χ4n) is 3.74. The van der Waals surface area contributed by atoms with Gasteiger partial charge in [0.1, 0.15) is 12.1 Å². The number of non-ortho nitro benzene ring substituents is 1. The van der Waals surface area contributed by atoms with Crippen LogP contribution in [0.15, 0.2) is 24.3 Å². The summed E-state index contributed by atoms with van der Waals surface area (Å²) < 4.78 is 5.52. The summed E-state index contributed by atoms with van der Waals surface area (Å²) in [6.07, 6.45) is 4.50. The van der Waals surface area contributed by atoms with Crippen molar-refractivity contribution in [3.05, 3.63) is 39.9 Å². The number of nitrogens with zero attached hydrogens (tertiary/aromatic N) is 2. The average Bonchev–Trinajstić information content (AvgIpc) is 2.75. The summed E-state index contributed by atoms with van der Waals surface area (Å²) in [5.74, 6) is -1.49. The molecule has 1 unspecified atom stereocenters. The maximum absolute atomic E-state index is 12.5. The summed E-state index contributed by atoms with van der Waals surface area (Å²) in [4.78, 5) is 49.1. The fourth-order valence-corrected chi connectivity index (χ4v) is 4.05. The van der Waals surface area contributed by atoms with E-state index in [0.29, 0.717) is 13.1 Å². The number of hydrogen-bond donors (Lipinski definition) is 2. The van der Waals surface area contributed by atoms with Crippen molar-refractivity contribution in [1.82, 2.24) is 15.5 Å². The molecule has 2 fully saturated rings. The number of ether oxygens (including phenoxy) is 1. The highest BCUT2D eigenvalue weighted by Crippen LogP contribution is 2.21. The standard InChI is InChI=1S/C20H24N4O6S/c25-17(30-15-7-2-1-3-8-15)12-16-19(27)21-9-10-23(16)20(31)22-18(26)13-5-4-6-14(11-13)24(28)29/h4-6,11,15-16H,1-3,7-10,12H2,(H,21,27)(H,22,26,31). The molecule has 0 spiro atoms. The molecule has 0 aromatic heterocycles. The van der Waals surface area contributed by atoms with E-state index in [2.05, 4.69) is 10.6 Å². The molecule has 0 radical (unpaired) electrons. The number of rotatable bonds is 5. The third-order valence-electron chi connectivity index (χ3n) is 5.34. The first-order chi connectivity index (χ1) is 14.8. The van der Waals surface area contributed by atoms with Crippen LogP contribution in [-0.2, 0) is 14.3 Å². The third kappa shape index (κ3) is 5.97. The Hall–Kier alpha value is -3.08. The number of thiocarbonyl (C=S) groups is 1. The second kappa shape index (κ2) is 10.3. The molecule has 166 valence electrons. The zero-order chi connectivity index (χ0) is 22.4. The maximum Gasteiger partial charge on any atom is 0.308 e. The van der Waals surface area contributed by atoms with E-state index in [1.54, 1.807) is 0 Å². The molecule has 2 amide bonds. The Kier molecular flexibility index (Phi) is 7.50. The zero-order valence-corrected chi connectivity index (χ0v) is 17.7. The monoisotopic (exact) mass is 448 g/mol. The van der Waals surface area contributed by atoms with Gasteiger partial charge in [-0.2, -0.15) is 0 Å². The lowest BCUT2D eigenvalue weighted by Gasteiger charge is -2.36. The van der Waals surface area contributed by atoms with Gasteiger partial charge in [-0.25, -0.2) is 0 Å². The number of piperazine rings is 1. The molecule has 3 rings (SSSR count). The first kappa shape index (κ1) is 22.6. The Labute approximate surface area is 184 Å². The minimum atomic E-state index is -0.900. The van der Waals surface area contributed by atoms with Crippen LogP contribution < -0.4 is 10.6 Å². The summed E-state index contributed by atoms with van der Waals surface area (Å²) >= 11 is 5.31. The highest BCUT2D eigenvalue weighted by molar-refractivity contribution is 7.80. The molecule has 10 nitrogen and oxygen atoms in total. The highest BCUT2D eigenvalue weighted by atomic mass is 32.1. The van der Waals surface area contributed by atoms with Crippen molar-refractivity contribution in [3.8, 4) is 0 Å².